The highest BCUT2D eigenvalue weighted by atomic mass is 16.5. The summed E-state index contributed by atoms with van der Waals surface area (Å²) in [7, 11) is 0. The van der Waals surface area contributed by atoms with Crippen LogP contribution >= 0.6 is 0 Å². The van der Waals surface area contributed by atoms with Crippen LogP contribution in [0.15, 0.2) is 10.9 Å². The van der Waals surface area contributed by atoms with Crippen LogP contribution in [0.3, 0.4) is 0 Å². The lowest BCUT2D eigenvalue weighted by atomic mass is 9.87. The molecule has 11 heavy (non-hydrogen) atoms. The van der Waals surface area contributed by atoms with Gasteiger partial charge in [0, 0.05) is 5.41 Å². The zero-order valence-corrected chi connectivity index (χ0v) is 7.29. The summed E-state index contributed by atoms with van der Waals surface area (Å²) in [5.41, 5.74) is 0.0573. The van der Waals surface area contributed by atoms with E-state index < -0.39 is 0 Å². The molecule has 0 aliphatic rings. The van der Waals surface area contributed by atoms with Crippen LogP contribution in [-0.4, -0.2) is 10.1 Å². The van der Waals surface area contributed by atoms with Crippen LogP contribution in [0.5, 0.6) is 0 Å². The Bertz CT molecular complexity index is 204. The molecule has 0 spiro atoms. The quantitative estimate of drug-likeness (QED) is 0.669. The van der Waals surface area contributed by atoms with Gasteiger partial charge < -0.3 is 4.52 Å². The third-order valence-corrected chi connectivity index (χ3v) is 1.84. The highest BCUT2D eigenvalue weighted by Gasteiger charge is 2.23. The first-order valence-corrected chi connectivity index (χ1v) is 3.93. The van der Waals surface area contributed by atoms with E-state index in [2.05, 4.69) is 35.4 Å². The molecule has 0 amide bonds. The SMILES string of the molecule is CCCC(C)(C)c1ncon1. The molecule has 1 heterocycles. The minimum Gasteiger partial charge on any atom is -0.343 e. The van der Waals surface area contributed by atoms with E-state index in [0.717, 1.165) is 18.7 Å². The summed E-state index contributed by atoms with van der Waals surface area (Å²) in [6, 6.07) is 0. The molecule has 0 saturated carbocycles. The number of aromatic nitrogens is 2. The zero-order chi connectivity index (χ0) is 8.32. The van der Waals surface area contributed by atoms with E-state index >= 15 is 0 Å². The fraction of sp³-hybridized carbons (Fsp3) is 0.750. The molecular formula is C8H14N2O. The number of hydrogen-bond acceptors (Lipinski definition) is 3. The van der Waals surface area contributed by atoms with Gasteiger partial charge in [0.1, 0.15) is 0 Å². The Morgan fingerprint density at radius 3 is 2.73 bits per heavy atom. The van der Waals surface area contributed by atoms with Gasteiger partial charge in [-0.15, -0.1) is 0 Å². The van der Waals surface area contributed by atoms with Gasteiger partial charge >= 0.3 is 0 Å². The number of nitrogens with zero attached hydrogens (tertiary/aromatic N) is 2. The molecule has 0 unspecified atom stereocenters. The van der Waals surface area contributed by atoms with E-state index in [-0.39, 0.29) is 5.41 Å². The van der Waals surface area contributed by atoms with Gasteiger partial charge in [0.15, 0.2) is 5.82 Å². The Morgan fingerprint density at radius 1 is 1.55 bits per heavy atom. The molecule has 1 rings (SSSR count). The monoisotopic (exact) mass is 154 g/mol. The molecule has 62 valence electrons. The number of hydrogen-bond donors (Lipinski definition) is 0. The molecule has 0 bridgehead atoms. The topological polar surface area (TPSA) is 38.9 Å². The molecule has 0 saturated heterocycles. The first-order valence-electron chi connectivity index (χ1n) is 3.93. The van der Waals surface area contributed by atoms with Crippen molar-refractivity contribution in [3.63, 3.8) is 0 Å². The van der Waals surface area contributed by atoms with Gasteiger partial charge in [-0.3, -0.25) is 0 Å². The average Bonchev–Trinajstić information content (AvgIpc) is 2.37. The highest BCUT2D eigenvalue weighted by molar-refractivity contribution is 4.99. The molecule has 0 aliphatic heterocycles. The van der Waals surface area contributed by atoms with Crippen LogP contribution in [-0.2, 0) is 5.41 Å². The van der Waals surface area contributed by atoms with Gasteiger partial charge in [-0.1, -0.05) is 32.3 Å². The van der Waals surface area contributed by atoms with Crippen molar-refractivity contribution >= 4 is 0 Å². The van der Waals surface area contributed by atoms with Crippen LogP contribution < -0.4 is 0 Å². The first kappa shape index (κ1) is 8.24. The summed E-state index contributed by atoms with van der Waals surface area (Å²) in [4.78, 5) is 4.03. The maximum absolute atomic E-state index is 4.69. The largest absolute Gasteiger partial charge is 0.343 e. The van der Waals surface area contributed by atoms with Crippen molar-refractivity contribution in [2.45, 2.75) is 39.0 Å². The summed E-state index contributed by atoms with van der Waals surface area (Å²) in [6.45, 7) is 6.41. The van der Waals surface area contributed by atoms with E-state index in [4.69, 9.17) is 0 Å². The molecule has 1 aromatic rings. The second-order valence-electron chi connectivity index (χ2n) is 3.39. The molecule has 0 aromatic carbocycles. The fourth-order valence-electron chi connectivity index (χ4n) is 1.21. The van der Waals surface area contributed by atoms with E-state index in [1.54, 1.807) is 0 Å². The lowest BCUT2D eigenvalue weighted by molar-refractivity contribution is 0.374. The highest BCUT2D eigenvalue weighted by Crippen LogP contribution is 2.24. The lowest BCUT2D eigenvalue weighted by Gasteiger charge is -2.18. The summed E-state index contributed by atoms with van der Waals surface area (Å²) >= 11 is 0. The first-order chi connectivity index (χ1) is 5.17. The van der Waals surface area contributed by atoms with Crippen LogP contribution in [0.25, 0.3) is 0 Å². The van der Waals surface area contributed by atoms with Crippen molar-refractivity contribution < 1.29 is 4.52 Å². The van der Waals surface area contributed by atoms with Crippen molar-refractivity contribution in [1.29, 1.82) is 0 Å². The maximum Gasteiger partial charge on any atom is 0.213 e. The van der Waals surface area contributed by atoms with Crippen molar-refractivity contribution in [3.05, 3.63) is 12.2 Å². The van der Waals surface area contributed by atoms with E-state index in [9.17, 15) is 0 Å². The van der Waals surface area contributed by atoms with Gasteiger partial charge in [-0.25, -0.2) is 0 Å². The van der Waals surface area contributed by atoms with Crippen LogP contribution in [0.2, 0.25) is 0 Å². The molecule has 0 fully saturated rings. The Morgan fingerprint density at radius 2 is 2.27 bits per heavy atom. The Balaban J connectivity index is 2.73. The van der Waals surface area contributed by atoms with Gasteiger partial charge in [0.05, 0.1) is 0 Å². The molecule has 0 radical (unpaired) electrons. The molecule has 0 N–H and O–H groups in total. The molecule has 3 nitrogen and oxygen atoms in total. The number of rotatable bonds is 3. The fourth-order valence-corrected chi connectivity index (χ4v) is 1.21. The van der Waals surface area contributed by atoms with Gasteiger partial charge in [-0.2, -0.15) is 4.98 Å². The van der Waals surface area contributed by atoms with Crippen molar-refractivity contribution in [2.75, 3.05) is 0 Å². The zero-order valence-electron chi connectivity index (χ0n) is 7.29. The predicted molar refractivity (Wildman–Crippen MR) is 42.2 cm³/mol. The average molecular weight is 154 g/mol. The second kappa shape index (κ2) is 3.03. The van der Waals surface area contributed by atoms with E-state index in [1.165, 1.54) is 6.39 Å². The molecule has 1 aromatic heterocycles. The van der Waals surface area contributed by atoms with Crippen molar-refractivity contribution in [2.24, 2.45) is 0 Å². The van der Waals surface area contributed by atoms with Crippen LogP contribution in [0.1, 0.15) is 39.4 Å². The minimum atomic E-state index is 0.0573. The van der Waals surface area contributed by atoms with E-state index in [1.807, 2.05) is 0 Å². The van der Waals surface area contributed by atoms with E-state index in [0.29, 0.717) is 0 Å². The van der Waals surface area contributed by atoms with Crippen molar-refractivity contribution in [3.8, 4) is 0 Å². The van der Waals surface area contributed by atoms with Crippen LogP contribution in [0, 0.1) is 0 Å². The maximum atomic E-state index is 4.69. The smallest absolute Gasteiger partial charge is 0.213 e. The van der Waals surface area contributed by atoms with Crippen molar-refractivity contribution in [1.82, 2.24) is 10.1 Å². The van der Waals surface area contributed by atoms with Crippen LogP contribution in [0.4, 0.5) is 0 Å². The van der Waals surface area contributed by atoms with Gasteiger partial charge in [0.2, 0.25) is 6.39 Å². The minimum absolute atomic E-state index is 0.0573. The third-order valence-electron chi connectivity index (χ3n) is 1.84. The molecular weight excluding hydrogens is 140 g/mol. The molecule has 0 aliphatic carbocycles. The summed E-state index contributed by atoms with van der Waals surface area (Å²) in [6.07, 6.45) is 3.61. The Hall–Kier alpha value is -0.860. The predicted octanol–water partition coefficient (Wildman–Crippen LogP) is 2.15. The second-order valence-corrected chi connectivity index (χ2v) is 3.39. The summed E-state index contributed by atoms with van der Waals surface area (Å²) in [5.74, 6) is 0.805. The summed E-state index contributed by atoms with van der Waals surface area (Å²) < 4.78 is 4.69. The molecule has 3 heteroatoms. The Kier molecular flexibility index (Phi) is 2.27. The third kappa shape index (κ3) is 1.79. The normalized spacial score (nSPS) is 11.9. The van der Waals surface area contributed by atoms with Gasteiger partial charge in [-0.05, 0) is 6.42 Å². The standard InChI is InChI=1S/C8H14N2O/c1-4-5-8(2,3)7-9-6-11-10-7/h6H,4-5H2,1-3H3. The lowest BCUT2D eigenvalue weighted by Crippen LogP contribution is -2.18. The summed E-state index contributed by atoms with van der Waals surface area (Å²) in [5, 5.41) is 3.82. The Labute approximate surface area is 66.8 Å². The van der Waals surface area contributed by atoms with Gasteiger partial charge in [0.25, 0.3) is 0 Å². The molecule has 0 atom stereocenters.